The van der Waals surface area contributed by atoms with Gasteiger partial charge in [0.2, 0.25) is 5.91 Å². The second kappa shape index (κ2) is 8.50. The highest BCUT2D eigenvalue weighted by molar-refractivity contribution is 14.0. The second-order valence-corrected chi connectivity index (χ2v) is 6.82. The molecule has 7 heteroatoms. The number of hydrogen-bond acceptors (Lipinski definition) is 3. The van der Waals surface area contributed by atoms with Crippen molar-refractivity contribution in [2.45, 2.75) is 32.1 Å². The number of amides is 1. The summed E-state index contributed by atoms with van der Waals surface area (Å²) in [7, 11) is 1.80. The molecule has 1 atom stereocenters. The van der Waals surface area contributed by atoms with Crippen LogP contribution in [0.15, 0.2) is 4.99 Å². The quantitative estimate of drug-likeness (QED) is 0.403. The molecule has 23 heavy (non-hydrogen) atoms. The number of nitrogens with zero attached hydrogens (tertiary/aromatic N) is 3. The highest BCUT2D eigenvalue weighted by Gasteiger charge is 2.42. The van der Waals surface area contributed by atoms with Gasteiger partial charge in [-0.25, -0.2) is 0 Å². The van der Waals surface area contributed by atoms with Crippen molar-refractivity contribution in [2.24, 2.45) is 10.4 Å². The van der Waals surface area contributed by atoms with Crippen LogP contribution in [0.3, 0.4) is 0 Å². The van der Waals surface area contributed by atoms with Gasteiger partial charge in [-0.15, -0.1) is 24.0 Å². The number of rotatable bonds is 2. The van der Waals surface area contributed by atoms with Crippen molar-refractivity contribution in [3.8, 4) is 0 Å². The molecule has 0 aromatic rings. The molecule has 0 saturated carbocycles. The smallest absolute Gasteiger partial charge is 0.241 e. The molecule has 1 N–H and O–H groups in total. The van der Waals surface area contributed by atoms with E-state index in [0.717, 1.165) is 71.0 Å². The minimum atomic E-state index is 0. The van der Waals surface area contributed by atoms with E-state index in [1.165, 1.54) is 6.42 Å². The summed E-state index contributed by atoms with van der Waals surface area (Å²) in [4.78, 5) is 20.9. The van der Waals surface area contributed by atoms with E-state index in [9.17, 15) is 4.79 Å². The van der Waals surface area contributed by atoms with Crippen molar-refractivity contribution in [1.29, 1.82) is 0 Å². The molecule has 6 nitrogen and oxygen atoms in total. The van der Waals surface area contributed by atoms with Gasteiger partial charge in [0.15, 0.2) is 5.96 Å². The highest BCUT2D eigenvalue weighted by atomic mass is 127. The van der Waals surface area contributed by atoms with Crippen LogP contribution in [0.2, 0.25) is 0 Å². The molecular weight excluding hydrogens is 407 g/mol. The van der Waals surface area contributed by atoms with Crippen LogP contribution in [-0.4, -0.2) is 74.7 Å². The number of guanidine groups is 1. The maximum atomic E-state index is 12.3. The third-order valence-electron chi connectivity index (χ3n) is 5.24. The van der Waals surface area contributed by atoms with Gasteiger partial charge >= 0.3 is 0 Å². The SMILES string of the molecule is CN=C(NCC(=O)N1CCCCC1)N1CCC2(CCOC2)C1.I. The molecule has 0 bridgehead atoms. The molecule has 3 heterocycles. The van der Waals surface area contributed by atoms with E-state index in [4.69, 9.17) is 4.74 Å². The topological polar surface area (TPSA) is 57.2 Å². The molecule has 3 aliphatic rings. The Bertz CT molecular complexity index is 432. The fourth-order valence-corrected chi connectivity index (χ4v) is 3.83. The van der Waals surface area contributed by atoms with Crippen molar-refractivity contribution < 1.29 is 9.53 Å². The van der Waals surface area contributed by atoms with Crippen LogP contribution >= 0.6 is 24.0 Å². The van der Waals surface area contributed by atoms with Crippen LogP contribution in [0.4, 0.5) is 0 Å². The predicted octanol–water partition coefficient (Wildman–Crippen LogP) is 1.30. The Hall–Kier alpha value is -0.570. The summed E-state index contributed by atoms with van der Waals surface area (Å²) in [5, 5.41) is 3.26. The van der Waals surface area contributed by atoms with Crippen molar-refractivity contribution in [3.63, 3.8) is 0 Å². The number of aliphatic imine (C=N–C) groups is 1. The summed E-state index contributed by atoms with van der Waals surface area (Å²) in [5.41, 5.74) is 0.314. The summed E-state index contributed by atoms with van der Waals surface area (Å²) in [6.07, 6.45) is 5.82. The van der Waals surface area contributed by atoms with E-state index in [2.05, 4.69) is 15.2 Å². The number of likely N-dealkylation sites (tertiary alicyclic amines) is 2. The van der Waals surface area contributed by atoms with Crippen LogP contribution in [-0.2, 0) is 9.53 Å². The third-order valence-corrected chi connectivity index (χ3v) is 5.24. The average Bonchev–Trinajstić information content (AvgIpc) is 3.19. The Morgan fingerprint density at radius 1 is 1.17 bits per heavy atom. The molecule has 0 radical (unpaired) electrons. The van der Waals surface area contributed by atoms with Gasteiger partial charge in [0.1, 0.15) is 0 Å². The Kier molecular flexibility index (Phi) is 6.94. The molecule has 0 aromatic heterocycles. The summed E-state index contributed by atoms with van der Waals surface area (Å²) in [5.74, 6) is 1.05. The number of nitrogens with one attached hydrogen (secondary N) is 1. The molecule has 1 spiro atoms. The van der Waals surface area contributed by atoms with E-state index >= 15 is 0 Å². The van der Waals surface area contributed by atoms with Gasteiger partial charge in [0, 0.05) is 45.2 Å². The fourth-order valence-electron chi connectivity index (χ4n) is 3.83. The van der Waals surface area contributed by atoms with E-state index in [0.29, 0.717) is 12.0 Å². The van der Waals surface area contributed by atoms with Crippen LogP contribution in [0.1, 0.15) is 32.1 Å². The first-order valence-corrected chi connectivity index (χ1v) is 8.54. The molecule has 3 fully saturated rings. The Balaban J connectivity index is 0.00000192. The van der Waals surface area contributed by atoms with Crippen LogP contribution in [0.25, 0.3) is 0 Å². The van der Waals surface area contributed by atoms with Crippen LogP contribution < -0.4 is 5.32 Å². The van der Waals surface area contributed by atoms with Gasteiger partial charge in [0.05, 0.1) is 13.2 Å². The van der Waals surface area contributed by atoms with E-state index in [-0.39, 0.29) is 29.9 Å². The molecular formula is C16H29IN4O2. The standard InChI is InChI=1S/C16H28N4O2.HI/c1-17-15(18-11-14(21)19-7-3-2-4-8-19)20-9-5-16(12-20)6-10-22-13-16;/h2-13H2,1H3,(H,17,18);1H. The third kappa shape index (κ3) is 4.49. The lowest BCUT2D eigenvalue weighted by atomic mass is 9.87. The number of piperidine rings is 1. The van der Waals surface area contributed by atoms with Gasteiger partial charge in [0.25, 0.3) is 0 Å². The van der Waals surface area contributed by atoms with Crippen molar-refractivity contribution in [2.75, 3.05) is 53.0 Å². The first kappa shape index (κ1) is 18.8. The molecule has 132 valence electrons. The van der Waals surface area contributed by atoms with Gasteiger partial charge in [-0.2, -0.15) is 0 Å². The lowest BCUT2D eigenvalue weighted by Crippen LogP contribution is -2.47. The molecule has 0 aromatic carbocycles. The Morgan fingerprint density at radius 3 is 2.61 bits per heavy atom. The first-order valence-electron chi connectivity index (χ1n) is 8.54. The first-order chi connectivity index (χ1) is 10.7. The lowest BCUT2D eigenvalue weighted by Gasteiger charge is -2.28. The number of carbonyl (C=O) groups is 1. The molecule has 3 rings (SSSR count). The average molecular weight is 436 g/mol. The number of halogens is 1. The maximum absolute atomic E-state index is 12.3. The van der Waals surface area contributed by atoms with Gasteiger partial charge in [-0.1, -0.05) is 0 Å². The summed E-state index contributed by atoms with van der Waals surface area (Å²) in [6, 6.07) is 0. The van der Waals surface area contributed by atoms with E-state index in [1.54, 1.807) is 7.05 Å². The predicted molar refractivity (Wildman–Crippen MR) is 101 cm³/mol. The number of hydrogen-bond donors (Lipinski definition) is 1. The Labute approximate surface area is 156 Å². The van der Waals surface area contributed by atoms with Crippen molar-refractivity contribution in [1.82, 2.24) is 15.1 Å². The van der Waals surface area contributed by atoms with Gasteiger partial charge in [-0.05, 0) is 32.1 Å². The minimum absolute atomic E-state index is 0. The maximum Gasteiger partial charge on any atom is 0.241 e. The van der Waals surface area contributed by atoms with E-state index in [1.807, 2.05) is 4.90 Å². The van der Waals surface area contributed by atoms with Crippen molar-refractivity contribution >= 4 is 35.8 Å². The van der Waals surface area contributed by atoms with Crippen LogP contribution in [0.5, 0.6) is 0 Å². The number of ether oxygens (including phenoxy) is 1. The second-order valence-electron chi connectivity index (χ2n) is 6.82. The molecule has 1 amide bonds. The monoisotopic (exact) mass is 436 g/mol. The Morgan fingerprint density at radius 2 is 1.96 bits per heavy atom. The minimum Gasteiger partial charge on any atom is -0.381 e. The van der Waals surface area contributed by atoms with Crippen molar-refractivity contribution in [3.05, 3.63) is 0 Å². The largest absolute Gasteiger partial charge is 0.381 e. The zero-order valence-corrected chi connectivity index (χ0v) is 16.4. The van der Waals surface area contributed by atoms with E-state index < -0.39 is 0 Å². The zero-order valence-electron chi connectivity index (χ0n) is 14.1. The summed E-state index contributed by atoms with van der Waals surface area (Å²) >= 11 is 0. The van der Waals surface area contributed by atoms with Gasteiger partial charge in [-0.3, -0.25) is 9.79 Å². The molecule has 1 unspecified atom stereocenters. The summed E-state index contributed by atoms with van der Waals surface area (Å²) in [6.45, 7) is 5.91. The highest BCUT2D eigenvalue weighted by Crippen LogP contribution is 2.38. The lowest BCUT2D eigenvalue weighted by molar-refractivity contribution is -0.130. The van der Waals surface area contributed by atoms with Gasteiger partial charge < -0.3 is 19.9 Å². The summed E-state index contributed by atoms with van der Waals surface area (Å²) < 4.78 is 5.57. The fraction of sp³-hybridized carbons (Fsp3) is 0.875. The molecule has 3 aliphatic heterocycles. The number of carbonyl (C=O) groups excluding carboxylic acids is 1. The normalized spacial score (nSPS) is 28.1. The molecule has 0 aliphatic carbocycles. The molecule has 3 saturated heterocycles. The zero-order chi connectivity index (χ0) is 15.4. The van der Waals surface area contributed by atoms with Crippen LogP contribution in [0, 0.1) is 5.41 Å².